The van der Waals surface area contributed by atoms with Gasteiger partial charge in [0, 0.05) is 31.3 Å². The van der Waals surface area contributed by atoms with Gasteiger partial charge in [-0.1, -0.05) is 30.3 Å². The van der Waals surface area contributed by atoms with Gasteiger partial charge < -0.3 is 4.90 Å². The second-order valence-electron chi connectivity index (χ2n) is 6.36. The van der Waals surface area contributed by atoms with Gasteiger partial charge in [-0.05, 0) is 30.5 Å². The Morgan fingerprint density at radius 1 is 1.08 bits per heavy atom. The molecule has 2 unspecified atom stereocenters. The van der Waals surface area contributed by atoms with E-state index >= 15 is 0 Å². The van der Waals surface area contributed by atoms with Crippen molar-refractivity contribution in [2.45, 2.75) is 31.5 Å². The number of nitrogens with zero attached hydrogens (tertiary/aromatic N) is 5. The number of hydrogen-bond donors (Lipinski definition) is 0. The molecule has 1 amide bonds. The summed E-state index contributed by atoms with van der Waals surface area (Å²) in [7, 11) is 0. The summed E-state index contributed by atoms with van der Waals surface area (Å²) in [6.07, 6.45) is 9.33. The smallest absolute Gasteiger partial charge is 0.252 e. The highest BCUT2D eigenvalue weighted by molar-refractivity contribution is 5.84. The van der Waals surface area contributed by atoms with Crippen molar-refractivity contribution in [2.24, 2.45) is 0 Å². The maximum absolute atomic E-state index is 13.4. The third kappa shape index (κ3) is 3.20. The molecular weight excluding hydrogens is 314 g/mol. The van der Waals surface area contributed by atoms with E-state index in [0.29, 0.717) is 0 Å². The van der Waals surface area contributed by atoms with Gasteiger partial charge in [-0.3, -0.25) is 14.2 Å². The van der Waals surface area contributed by atoms with Crippen LogP contribution < -0.4 is 0 Å². The minimum absolute atomic E-state index is 0.101. The van der Waals surface area contributed by atoms with Crippen LogP contribution in [-0.2, 0) is 11.3 Å². The van der Waals surface area contributed by atoms with Crippen LogP contribution in [0.15, 0.2) is 67.3 Å². The van der Waals surface area contributed by atoms with E-state index in [2.05, 4.69) is 10.2 Å². The van der Waals surface area contributed by atoms with Gasteiger partial charge in [0.1, 0.15) is 0 Å². The van der Waals surface area contributed by atoms with Crippen molar-refractivity contribution in [3.63, 3.8) is 0 Å². The van der Waals surface area contributed by atoms with Gasteiger partial charge in [0.15, 0.2) is 6.04 Å². The van der Waals surface area contributed by atoms with E-state index in [9.17, 15) is 4.79 Å². The monoisotopic (exact) mass is 335 g/mol. The SMILES string of the molecule is O=C(C(c1ccccc1)n1cccn1)N1CCCC1Cn1cccn1. The summed E-state index contributed by atoms with van der Waals surface area (Å²) in [6.45, 7) is 1.52. The predicted molar refractivity (Wildman–Crippen MR) is 93.8 cm³/mol. The summed E-state index contributed by atoms with van der Waals surface area (Å²) in [5.74, 6) is 0.101. The van der Waals surface area contributed by atoms with Gasteiger partial charge in [0.05, 0.1) is 12.6 Å². The molecule has 3 heterocycles. The first-order valence-corrected chi connectivity index (χ1v) is 8.65. The molecule has 2 atom stereocenters. The van der Waals surface area contributed by atoms with E-state index in [1.807, 2.05) is 64.4 Å². The Kier molecular flexibility index (Phi) is 4.33. The molecule has 6 heteroatoms. The Labute approximate surface area is 146 Å². The quantitative estimate of drug-likeness (QED) is 0.719. The number of amides is 1. The van der Waals surface area contributed by atoms with Crippen molar-refractivity contribution in [2.75, 3.05) is 6.54 Å². The summed E-state index contributed by atoms with van der Waals surface area (Å²) in [6, 6.07) is 13.4. The van der Waals surface area contributed by atoms with Crippen LogP contribution >= 0.6 is 0 Å². The van der Waals surface area contributed by atoms with Crippen LogP contribution in [0.25, 0.3) is 0 Å². The zero-order valence-electron chi connectivity index (χ0n) is 14.0. The molecule has 0 radical (unpaired) electrons. The van der Waals surface area contributed by atoms with Crippen molar-refractivity contribution >= 4 is 5.91 Å². The lowest BCUT2D eigenvalue weighted by atomic mass is 10.1. The number of carbonyl (C=O) groups is 1. The van der Waals surface area contributed by atoms with E-state index in [-0.39, 0.29) is 11.9 Å². The Morgan fingerprint density at radius 3 is 2.60 bits per heavy atom. The topological polar surface area (TPSA) is 56.0 Å². The average molecular weight is 335 g/mol. The third-order valence-corrected chi connectivity index (χ3v) is 4.76. The van der Waals surface area contributed by atoms with Gasteiger partial charge in [-0.2, -0.15) is 10.2 Å². The maximum Gasteiger partial charge on any atom is 0.252 e. The van der Waals surface area contributed by atoms with Crippen molar-refractivity contribution in [1.82, 2.24) is 24.5 Å². The lowest BCUT2D eigenvalue weighted by Crippen LogP contribution is -2.42. The molecule has 0 saturated carbocycles. The highest BCUT2D eigenvalue weighted by Gasteiger charge is 2.35. The number of likely N-dealkylation sites (tertiary alicyclic amines) is 1. The fraction of sp³-hybridized carbons (Fsp3) is 0.316. The second-order valence-corrected chi connectivity index (χ2v) is 6.36. The van der Waals surface area contributed by atoms with Crippen molar-refractivity contribution in [3.8, 4) is 0 Å². The van der Waals surface area contributed by atoms with Crippen LogP contribution in [0.1, 0.15) is 24.4 Å². The molecule has 128 valence electrons. The molecule has 1 fully saturated rings. The molecule has 1 aliphatic heterocycles. The lowest BCUT2D eigenvalue weighted by molar-refractivity contribution is -0.134. The molecular formula is C19H21N5O. The van der Waals surface area contributed by atoms with Crippen LogP contribution in [-0.4, -0.2) is 43.0 Å². The third-order valence-electron chi connectivity index (χ3n) is 4.76. The van der Waals surface area contributed by atoms with Crippen LogP contribution in [0.4, 0.5) is 0 Å². The largest absolute Gasteiger partial charge is 0.336 e. The first kappa shape index (κ1) is 15.6. The molecule has 6 nitrogen and oxygen atoms in total. The molecule has 3 aromatic rings. The molecule has 4 rings (SSSR count). The predicted octanol–water partition coefficient (Wildman–Crippen LogP) is 2.36. The first-order chi connectivity index (χ1) is 12.3. The van der Waals surface area contributed by atoms with Crippen molar-refractivity contribution in [1.29, 1.82) is 0 Å². The molecule has 1 aliphatic rings. The zero-order chi connectivity index (χ0) is 17.1. The minimum atomic E-state index is -0.422. The number of hydrogen-bond acceptors (Lipinski definition) is 3. The average Bonchev–Trinajstić information content (AvgIpc) is 3.39. The van der Waals surface area contributed by atoms with E-state index in [4.69, 9.17) is 0 Å². The summed E-state index contributed by atoms with van der Waals surface area (Å²) < 4.78 is 3.66. The van der Waals surface area contributed by atoms with Crippen LogP contribution in [0.5, 0.6) is 0 Å². The van der Waals surface area contributed by atoms with Crippen molar-refractivity contribution in [3.05, 3.63) is 72.8 Å². The van der Waals surface area contributed by atoms with Gasteiger partial charge in [-0.25, -0.2) is 0 Å². The minimum Gasteiger partial charge on any atom is -0.336 e. The fourth-order valence-electron chi connectivity index (χ4n) is 3.57. The molecule has 0 aliphatic carbocycles. The van der Waals surface area contributed by atoms with Gasteiger partial charge in [0.2, 0.25) is 0 Å². The van der Waals surface area contributed by atoms with Crippen LogP contribution in [0.3, 0.4) is 0 Å². The van der Waals surface area contributed by atoms with E-state index in [1.165, 1.54) is 0 Å². The zero-order valence-corrected chi connectivity index (χ0v) is 14.0. The molecule has 2 aromatic heterocycles. The molecule has 0 spiro atoms. The lowest BCUT2D eigenvalue weighted by Gasteiger charge is -2.29. The Bertz CT molecular complexity index is 798. The van der Waals surface area contributed by atoms with Crippen LogP contribution in [0, 0.1) is 0 Å². The molecule has 1 aromatic carbocycles. The maximum atomic E-state index is 13.4. The number of aromatic nitrogens is 4. The number of carbonyl (C=O) groups excluding carboxylic acids is 1. The summed E-state index contributed by atoms with van der Waals surface area (Å²) in [5.41, 5.74) is 0.959. The molecule has 0 bridgehead atoms. The van der Waals surface area contributed by atoms with E-state index in [1.54, 1.807) is 17.1 Å². The number of benzene rings is 1. The van der Waals surface area contributed by atoms with Gasteiger partial charge in [0.25, 0.3) is 5.91 Å². The first-order valence-electron chi connectivity index (χ1n) is 8.65. The Hall–Kier alpha value is -2.89. The second kappa shape index (κ2) is 6.93. The van der Waals surface area contributed by atoms with Gasteiger partial charge in [-0.15, -0.1) is 0 Å². The molecule has 1 saturated heterocycles. The highest BCUT2D eigenvalue weighted by atomic mass is 16.2. The fourth-order valence-corrected chi connectivity index (χ4v) is 3.57. The Balaban J connectivity index is 1.61. The molecule has 25 heavy (non-hydrogen) atoms. The van der Waals surface area contributed by atoms with Crippen molar-refractivity contribution < 1.29 is 4.79 Å². The Morgan fingerprint density at radius 2 is 1.88 bits per heavy atom. The van der Waals surface area contributed by atoms with Gasteiger partial charge >= 0.3 is 0 Å². The summed E-state index contributed by atoms with van der Waals surface area (Å²) in [4.78, 5) is 15.4. The summed E-state index contributed by atoms with van der Waals surface area (Å²) in [5, 5.41) is 8.63. The highest BCUT2D eigenvalue weighted by Crippen LogP contribution is 2.26. The van der Waals surface area contributed by atoms with E-state index < -0.39 is 6.04 Å². The normalized spacial score (nSPS) is 18.4. The molecule has 0 N–H and O–H groups in total. The van der Waals surface area contributed by atoms with E-state index in [0.717, 1.165) is 31.5 Å². The standard InChI is InChI=1S/C19H21N5O/c25-19(23-13-4-9-17(23)15-22-12-5-10-20-22)18(24-14-6-11-21-24)16-7-2-1-3-8-16/h1-3,5-8,10-12,14,17-18H,4,9,13,15H2. The number of rotatable bonds is 5. The summed E-state index contributed by atoms with van der Waals surface area (Å²) >= 11 is 0. The van der Waals surface area contributed by atoms with Crippen LogP contribution in [0.2, 0.25) is 0 Å².